The highest BCUT2D eigenvalue weighted by Crippen LogP contribution is 2.20. The van der Waals surface area contributed by atoms with Crippen LogP contribution in [0, 0.1) is 0 Å². The van der Waals surface area contributed by atoms with Gasteiger partial charge < -0.3 is 22.1 Å². The van der Waals surface area contributed by atoms with Gasteiger partial charge in [-0.15, -0.1) is 5.10 Å². The highest BCUT2D eigenvalue weighted by atomic mass is 15.4. The first kappa shape index (κ1) is 16.3. The molecule has 0 bridgehead atoms. The van der Waals surface area contributed by atoms with Crippen LogP contribution >= 0.6 is 0 Å². The molecule has 4 aromatic rings. The minimum Gasteiger partial charge on any atom is -0.399 e. The lowest BCUT2D eigenvalue weighted by molar-refractivity contribution is 0.852. The number of benzene rings is 2. The first-order valence-electron chi connectivity index (χ1n) is 8.17. The monoisotopic (exact) mass is 359 g/mol. The number of nitrogens with one attached hydrogen (secondary N) is 2. The van der Waals surface area contributed by atoms with Crippen LogP contribution < -0.4 is 22.1 Å². The van der Waals surface area contributed by atoms with Crippen LogP contribution in [0.5, 0.6) is 0 Å². The molecule has 2 heterocycles. The molecule has 2 aromatic heterocycles. The number of nitrogens with zero attached hydrogens (tertiary/aromatic N) is 5. The van der Waals surface area contributed by atoms with E-state index in [-0.39, 0.29) is 5.95 Å². The molecule has 9 nitrogen and oxygen atoms in total. The molecule has 4 rings (SSSR count). The van der Waals surface area contributed by atoms with Gasteiger partial charge in [0.15, 0.2) is 5.82 Å². The summed E-state index contributed by atoms with van der Waals surface area (Å²) in [4.78, 5) is 12.7. The van der Waals surface area contributed by atoms with Crippen LogP contribution in [0.3, 0.4) is 0 Å². The van der Waals surface area contributed by atoms with Gasteiger partial charge in [0.2, 0.25) is 11.9 Å². The molecule has 0 unspecified atom stereocenters. The quantitative estimate of drug-likeness (QED) is 0.400. The van der Waals surface area contributed by atoms with Gasteiger partial charge in [-0.2, -0.15) is 9.67 Å². The summed E-state index contributed by atoms with van der Waals surface area (Å²) in [6, 6.07) is 18.7. The van der Waals surface area contributed by atoms with E-state index in [4.69, 9.17) is 11.5 Å². The number of rotatable bonds is 5. The van der Waals surface area contributed by atoms with Gasteiger partial charge >= 0.3 is 0 Å². The Bertz CT molecular complexity index is 1060. The number of nitrogens with two attached hydrogens (primary N) is 2. The molecular formula is C18H17N9. The Morgan fingerprint density at radius 2 is 1.63 bits per heavy atom. The molecule has 0 aliphatic carbocycles. The van der Waals surface area contributed by atoms with Crippen molar-refractivity contribution in [2.75, 3.05) is 22.1 Å². The summed E-state index contributed by atoms with van der Waals surface area (Å²) in [6.45, 7) is 0. The fourth-order valence-corrected chi connectivity index (χ4v) is 2.49. The van der Waals surface area contributed by atoms with E-state index < -0.39 is 0 Å². The highest BCUT2D eigenvalue weighted by molar-refractivity contribution is 5.61. The smallest absolute Gasteiger partial charge is 0.248 e. The maximum Gasteiger partial charge on any atom is 0.248 e. The summed E-state index contributed by atoms with van der Waals surface area (Å²) in [5, 5.41) is 10.6. The number of hydrogen-bond donors (Lipinski definition) is 4. The van der Waals surface area contributed by atoms with E-state index in [1.54, 1.807) is 18.2 Å². The number of aromatic nitrogens is 5. The number of anilines is 6. The molecule has 0 atom stereocenters. The van der Waals surface area contributed by atoms with Gasteiger partial charge in [-0.25, -0.2) is 9.97 Å². The molecule has 0 radical (unpaired) electrons. The maximum absolute atomic E-state index is 6.00. The molecule has 0 aliphatic rings. The summed E-state index contributed by atoms with van der Waals surface area (Å²) < 4.78 is 1.44. The Labute approximate surface area is 155 Å². The van der Waals surface area contributed by atoms with Crippen LogP contribution in [-0.2, 0) is 0 Å². The standard InChI is InChI=1S/C18H17N9/c19-12-5-4-8-14(9-12)24-18-25-17(20)27(26-18)16-10-15(21-11-22-16)23-13-6-2-1-3-7-13/h1-11H,19H2,(H,21,22,23)(H3,20,24,25,26). The third kappa shape index (κ3) is 3.76. The largest absolute Gasteiger partial charge is 0.399 e. The van der Waals surface area contributed by atoms with E-state index in [1.165, 1.54) is 11.0 Å². The molecular weight excluding hydrogens is 342 g/mol. The predicted molar refractivity (Wildman–Crippen MR) is 105 cm³/mol. The number of para-hydroxylation sites is 1. The third-order valence-corrected chi connectivity index (χ3v) is 3.69. The van der Waals surface area contributed by atoms with Crippen molar-refractivity contribution in [3.8, 4) is 5.82 Å². The Morgan fingerprint density at radius 3 is 2.44 bits per heavy atom. The highest BCUT2D eigenvalue weighted by Gasteiger charge is 2.11. The first-order valence-corrected chi connectivity index (χ1v) is 8.17. The predicted octanol–water partition coefficient (Wildman–Crippen LogP) is 2.71. The van der Waals surface area contributed by atoms with Crippen molar-refractivity contribution >= 4 is 34.8 Å². The van der Waals surface area contributed by atoms with E-state index in [9.17, 15) is 0 Å². The normalized spacial score (nSPS) is 10.5. The Kier molecular flexibility index (Phi) is 4.24. The second kappa shape index (κ2) is 7.00. The number of nitrogen functional groups attached to an aromatic ring is 2. The van der Waals surface area contributed by atoms with Crippen molar-refractivity contribution in [3.05, 3.63) is 67.0 Å². The summed E-state index contributed by atoms with van der Waals surface area (Å²) in [7, 11) is 0. The van der Waals surface area contributed by atoms with Gasteiger partial charge in [0.25, 0.3) is 0 Å². The zero-order valence-electron chi connectivity index (χ0n) is 14.2. The van der Waals surface area contributed by atoms with E-state index in [0.29, 0.717) is 23.3 Å². The minimum atomic E-state index is 0.200. The van der Waals surface area contributed by atoms with Crippen LogP contribution in [0.2, 0.25) is 0 Å². The fraction of sp³-hybridized carbons (Fsp3) is 0. The SMILES string of the molecule is Nc1cccc(Nc2nc(N)n(-c3cc(Nc4ccccc4)ncn3)n2)c1. The van der Waals surface area contributed by atoms with Gasteiger partial charge in [-0.05, 0) is 30.3 Å². The Hall–Kier alpha value is -4.14. The minimum absolute atomic E-state index is 0.200. The zero-order chi connectivity index (χ0) is 18.6. The third-order valence-electron chi connectivity index (χ3n) is 3.69. The van der Waals surface area contributed by atoms with E-state index in [1.807, 2.05) is 42.5 Å². The molecule has 0 saturated heterocycles. The van der Waals surface area contributed by atoms with E-state index in [0.717, 1.165) is 11.4 Å². The van der Waals surface area contributed by atoms with Gasteiger partial charge in [0.05, 0.1) is 0 Å². The molecule has 0 saturated carbocycles. The van der Waals surface area contributed by atoms with Gasteiger partial charge in [-0.3, -0.25) is 0 Å². The lowest BCUT2D eigenvalue weighted by Crippen LogP contribution is -2.06. The zero-order valence-corrected chi connectivity index (χ0v) is 14.2. The molecule has 2 aromatic carbocycles. The summed E-state index contributed by atoms with van der Waals surface area (Å²) in [5.41, 5.74) is 14.1. The van der Waals surface area contributed by atoms with Crippen molar-refractivity contribution in [3.63, 3.8) is 0 Å². The Balaban J connectivity index is 1.58. The fourth-order valence-electron chi connectivity index (χ4n) is 2.49. The van der Waals surface area contributed by atoms with Crippen LogP contribution in [0.15, 0.2) is 67.0 Å². The van der Waals surface area contributed by atoms with Crippen LogP contribution in [-0.4, -0.2) is 24.7 Å². The summed E-state index contributed by atoms with van der Waals surface area (Å²) in [5.74, 6) is 1.65. The van der Waals surface area contributed by atoms with Crippen molar-refractivity contribution in [1.82, 2.24) is 24.7 Å². The maximum atomic E-state index is 6.00. The average Bonchev–Trinajstić information content (AvgIpc) is 3.03. The van der Waals surface area contributed by atoms with Crippen molar-refractivity contribution in [1.29, 1.82) is 0 Å². The van der Waals surface area contributed by atoms with Crippen LogP contribution in [0.4, 0.5) is 34.8 Å². The molecule has 0 spiro atoms. The lowest BCUT2D eigenvalue weighted by Gasteiger charge is -2.07. The lowest BCUT2D eigenvalue weighted by atomic mass is 10.3. The molecule has 27 heavy (non-hydrogen) atoms. The topological polar surface area (TPSA) is 133 Å². The second-order valence-corrected chi connectivity index (χ2v) is 5.71. The first-order chi connectivity index (χ1) is 13.2. The van der Waals surface area contributed by atoms with Gasteiger partial charge in [0, 0.05) is 23.1 Å². The van der Waals surface area contributed by atoms with E-state index in [2.05, 4.69) is 30.7 Å². The van der Waals surface area contributed by atoms with Gasteiger partial charge in [0.1, 0.15) is 12.1 Å². The number of hydrogen-bond acceptors (Lipinski definition) is 8. The van der Waals surface area contributed by atoms with Crippen LogP contribution in [0.25, 0.3) is 5.82 Å². The van der Waals surface area contributed by atoms with Gasteiger partial charge in [-0.1, -0.05) is 24.3 Å². The Morgan fingerprint density at radius 1 is 0.815 bits per heavy atom. The molecule has 6 N–H and O–H groups in total. The van der Waals surface area contributed by atoms with E-state index >= 15 is 0 Å². The van der Waals surface area contributed by atoms with Crippen molar-refractivity contribution < 1.29 is 0 Å². The molecule has 134 valence electrons. The average molecular weight is 359 g/mol. The van der Waals surface area contributed by atoms with Crippen molar-refractivity contribution in [2.45, 2.75) is 0 Å². The van der Waals surface area contributed by atoms with Crippen molar-refractivity contribution in [2.24, 2.45) is 0 Å². The summed E-state index contributed by atoms with van der Waals surface area (Å²) >= 11 is 0. The molecule has 0 amide bonds. The molecule has 0 fully saturated rings. The summed E-state index contributed by atoms with van der Waals surface area (Å²) in [6.07, 6.45) is 1.44. The molecule has 9 heteroatoms. The molecule has 0 aliphatic heterocycles. The van der Waals surface area contributed by atoms with Crippen LogP contribution in [0.1, 0.15) is 0 Å². The second-order valence-electron chi connectivity index (χ2n) is 5.71.